The number of tetrazole rings is 1. The van der Waals surface area contributed by atoms with E-state index < -0.39 is 30.0 Å². The van der Waals surface area contributed by atoms with Crippen LogP contribution in [-0.4, -0.2) is 120 Å². The molecule has 1 aromatic heterocycles. The van der Waals surface area contributed by atoms with Crippen molar-refractivity contribution in [1.29, 1.82) is 0 Å². The van der Waals surface area contributed by atoms with Crippen molar-refractivity contribution in [1.82, 2.24) is 40.6 Å². The van der Waals surface area contributed by atoms with Crippen LogP contribution in [0.1, 0.15) is 20.3 Å². The van der Waals surface area contributed by atoms with Crippen LogP contribution in [0.25, 0.3) is 0 Å². The van der Waals surface area contributed by atoms with Crippen LogP contribution in [0, 0.1) is 11.8 Å². The molecule has 4 aliphatic heterocycles. The maximum atomic E-state index is 13.2. The number of rotatable bonds is 9. The molecule has 18 heteroatoms. The van der Waals surface area contributed by atoms with Gasteiger partial charge < -0.3 is 42.7 Å². The van der Waals surface area contributed by atoms with Crippen LogP contribution in [0.2, 0.25) is 0 Å². The number of amides is 3. The monoisotopic (exact) mass is 590 g/mol. The SMILES string of the molecule is C[C@@H](NC(=O)Cn1cnnn1)[C@H]1C(=O)N2C(C(=O)O)=C(S[C@@H]3CN[C@H](C(=O)N4C[C@H](N)[C@H](N=C(N)N)C4)C3)[C@H](C)[C@H]12. The predicted molar refractivity (Wildman–Crippen MR) is 145 cm³/mol. The van der Waals surface area contributed by atoms with Crippen molar-refractivity contribution in [3.63, 3.8) is 0 Å². The zero-order valence-corrected chi connectivity index (χ0v) is 23.4. The summed E-state index contributed by atoms with van der Waals surface area (Å²) in [7, 11) is 0. The van der Waals surface area contributed by atoms with Gasteiger partial charge in [0.2, 0.25) is 17.7 Å². The number of aliphatic imine (C=N–C) groups is 1. The lowest BCUT2D eigenvalue weighted by Crippen LogP contribution is -2.66. The zero-order chi connectivity index (χ0) is 29.6. The van der Waals surface area contributed by atoms with Crippen LogP contribution in [0.4, 0.5) is 0 Å². The number of nitrogens with zero attached hydrogens (tertiary/aromatic N) is 7. The van der Waals surface area contributed by atoms with Gasteiger partial charge in [-0.3, -0.25) is 14.4 Å². The van der Waals surface area contributed by atoms with Crippen molar-refractivity contribution in [2.75, 3.05) is 19.6 Å². The first kappa shape index (κ1) is 28.7. The molecule has 0 spiro atoms. The Kier molecular flexibility index (Phi) is 7.89. The van der Waals surface area contributed by atoms with Crippen LogP contribution in [0.15, 0.2) is 21.9 Å². The molecule has 0 unspecified atom stereocenters. The third kappa shape index (κ3) is 5.45. The molecule has 0 bridgehead atoms. The largest absolute Gasteiger partial charge is 0.477 e. The fourth-order valence-corrected chi connectivity index (χ4v) is 7.67. The molecule has 5 rings (SSSR count). The molecule has 8 atom stereocenters. The van der Waals surface area contributed by atoms with Crippen molar-refractivity contribution in [3.8, 4) is 0 Å². The Hall–Kier alpha value is -3.77. The molecule has 41 heavy (non-hydrogen) atoms. The number of aromatic nitrogens is 4. The van der Waals surface area contributed by atoms with Gasteiger partial charge >= 0.3 is 5.97 Å². The van der Waals surface area contributed by atoms with Crippen molar-refractivity contribution < 1.29 is 24.3 Å². The molecule has 0 aliphatic carbocycles. The van der Waals surface area contributed by atoms with Gasteiger partial charge in [-0.25, -0.2) is 14.5 Å². The molecule has 1 aromatic rings. The first-order chi connectivity index (χ1) is 19.5. The Bertz CT molecular complexity index is 1280. The highest BCUT2D eigenvalue weighted by atomic mass is 32.2. The van der Waals surface area contributed by atoms with Crippen LogP contribution < -0.4 is 27.8 Å². The van der Waals surface area contributed by atoms with E-state index in [-0.39, 0.29) is 59.2 Å². The van der Waals surface area contributed by atoms with Crippen molar-refractivity contribution >= 4 is 41.4 Å². The van der Waals surface area contributed by atoms with Gasteiger partial charge in [-0.2, -0.15) is 0 Å². The topological polar surface area (TPSA) is 253 Å². The molecule has 0 saturated carbocycles. The Morgan fingerprint density at radius 2 is 2.07 bits per heavy atom. The summed E-state index contributed by atoms with van der Waals surface area (Å²) in [6.07, 6.45) is 1.79. The Balaban J connectivity index is 1.21. The van der Waals surface area contributed by atoms with Crippen LogP contribution in [-0.2, 0) is 25.7 Å². The summed E-state index contributed by atoms with van der Waals surface area (Å²) >= 11 is 1.39. The van der Waals surface area contributed by atoms with Gasteiger partial charge in [-0.05, 0) is 23.8 Å². The van der Waals surface area contributed by atoms with E-state index in [9.17, 15) is 24.3 Å². The zero-order valence-electron chi connectivity index (χ0n) is 22.6. The van der Waals surface area contributed by atoms with Crippen LogP contribution in [0.3, 0.4) is 0 Å². The highest BCUT2D eigenvalue weighted by Crippen LogP contribution is 2.51. The van der Waals surface area contributed by atoms with Gasteiger partial charge in [0.15, 0.2) is 5.96 Å². The summed E-state index contributed by atoms with van der Waals surface area (Å²) < 4.78 is 1.27. The summed E-state index contributed by atoms with van der Waals surface area (Å²) in [6, 6.07) is -2.11. The molecule has 3 saturated heterocycles. The number of nitrogens with one attached hydrogen (secondary N) is 2. The Labute approximate surface area is 239 Å². The fourth-order valence-electron chi connectivity index (χ4n) is 6.19. The molecule has 3 fully saturated rings. The molecule has 4 aliphatic rings. The maximum absolute atomic E-state index is 13.2. The molecule has 222 valence electrons. The fraction of sp³-hybridized carbons (Fsp3) is 0.652. The van der Waals surface area contributed by atoms with E-state index in [4.69, 9.17) is 17.2 Å². The average molecular weight is 591 g/mol. The minimum Gasteiger partial charge on any atom is -0.477 e. The second-order valence-electron chi connectivity index (χ2n) is 10.9. The Morgan fingerprint density at radius 1 is 1.32 bits per heavy atom. The quantitative estimate of drug-likeness (QED) is 0.0918. The third-order valence-electron chi connectivity index (χ3n) is 8.06. The minimum atomic E-state index is -1.18. The standard InChI is InChI=1S/C23H34N12O5S/c1-9-17-16(10(2)29-15(36)7-34-8-28-31-32-34)21(38)35(17)18(22(39)40)19(9)41-11-3-13(27-4-11)20(37)33-5-12(24)14(6-33)30-23(25)26/h8-14,16-17,27H,3-7,24H2,1-2H3,(H,29,36)(H,39,40)(H4,25,26,30)/t9-,10-,11+,12+,13+,14-,16-,17-/m1/s1. The number of hydrogen-bond acceptors (Lipinski definition) is 11. The number of thioether (sulfide) groups is 1. The van der Waals surface area contributed by atoms with E-state index >= 15 is 0 Å². The van der Waals surface area contributed by atoms with Gasteiger partial charge in [0.05, 0.1) is 24.0 Å². The lowest BCUT2D eigenvalue weighted by Gasteiger charge is -2.47. The number of carbonyl (C=O) groups excluding carboxylic acids is 3. The van der Waals surface area contributed by atoms with Gasteiger partial charge in [0.25, 0.3) is 0 Å². The molecule has 9 N–H and O–H groups in total. The lowest BCUT2D eigenvalue weighted by atomic mass is 9.78. The molecule has 17 nitrogen and oxygen atoms in total. The van der Waals surface area contributed by atoms with Gasteiger partial charge in [0, 0.05) is 47.8 Å². The number of carboxylic acid groups (broad SMARTS) is 1. The smallest absolute Gasteiger partial charge is 0.353 e. The van der Waals surface area contributed by atoms with E-state index in [0.29, 0.717) is 31.0 Å². The highest BCUT2D eigenvalue weighted by molar-refractivity contribution is 8.03. The van der Waals surface area contributed by atoms with Crippen LogP contribution in [0.5, 0.6) is 0 Å². The average Bonchev–Trinajstić information content (AvgIpc) is 3.68. The van der Waals surface area contributed by atoms with Crippen molar-refractivity contribution in [2.24, 2.45) is 34.0 Å². The molecule has 0 radical (unpaired) electrons. The molecular formula is C23H34N12O5S. The summed E-state index contributed by atoms with van der Waals surface area (Å²) in [6.45, 7) is 4.68. The number of carbonyl (C=O) groups is 4. The van der Waals surface area contributed by atoms with E-state index in [1.165, 1.54) is 27.7 Å². The van der Waals surface area contributed by atoms with E-state index in [1.54, 1.807) is 11.8 Å². The molecule has 0 aromatic carbocycles. The van der Waals surface area contributed by atoms with Crippen molar-refractivity contribution in [2.45, 2.75) is 62.3 Å². The van der Waals surface area contributed by atoms with Gasteiger partial charge in [-0.15, -0.1) is 16.9 Å². The number of hydrogen-bond donors (Lipinski definition) is 6. The van der Waals surface area contributed by atoms with Gasteiger partial charge in [0.1, 0.15) is 18.6 Å². The first-order valence-electron chi connectivity index (χ1n) is 13.3. The maximum Gasteiger partial charge on any atom is 0.353 e. The summed E-state index contributed by atoms with van der Waals surface area (Å²) in [5.41, 5.74) is 17.0. The predicted octanol–water partition coefficient (Wildman–Crippen LogP) is -3.77. The third-order valence-corrected chi connectivity index (χ3v) is 9.57. The number of likely N-dealkylation sites (tertiary alicyclic amines) is 1. The number of guanidine groups is 1. The van der Waals surface area contributed by atoms with E-state index in [1.807, 2.05) is 6.92 Å². The van der Waals surface area contributed by atoms with E-state index in [2.05, 4.69) is 31.2 Å². The lowest BCUT2D eigenvalue weighted by molar-refractivity contribution is -0.158. The number of nitrogens with two attached hydrogens (primary N) is 3. The minimum absolute atomic E-state index is 0.0265. The first-order valence-corrected chi connectivity index (χ1v) is 14.2. The van der Waals surface area contributed by atoms with Crippen LogP contribution >= 0.6 is 11.8 Å². The summed E-state index contributed by atoms with van der Waals surface area (Å²) in [4.78, 5) is 58.8. The second kappa shape index (κ2) is 11.2. The second-order valence-corrected chi connectivity index (χ2v) is 12.2. The van der Waals surface area contributed by atoms with E-state index in [0.717, 1.165) is 0 Å². The van der Waals surface area contributed by atoms with Gasteiger partial charge in [-0.1, -0.05) is 6.92 Å². The number of β-lactam (4-membered cyclic amide) rings is 1. The van der Waals surface area contributed by atoms with Crippen molar-refractivity contribution in [3.05, 3.63) is 16.9 Å². The summed E-state index contributed by atoms with van der Waals surface area (Å²) in [5.74, 6) is -2.91. The number of carboxylic acids is 1. The molecule has 3 amide bonds. The Morgan fingerprint density at radius 3 is 2.73 bits per heavy atom. The highest BCUT2D eigenvalue weighted by Gasteiger charge is 2.60. The number of aliphatic carboxylic acids is 1. The molecular weight excluding hydrogens is 556 g/mol. The number of fused-ring (bicyclic) bond motifs is 1. The normalized spacial score (nSPS) is 31.6. The molecule has 5 heterocycles. The summed E-state index contributed by atoms with van der Waals surface area (Å²) in [5, 5.41) is 26.7.